The Hall–Kier alpha value is -1.13. The Bertz CT molecular complexity index is 595. The average Bonchev–Trinajstić information content (AvgIpc) is 3.00. The Labute approximate surface area is 146 Å². The van der Waals surface area contributed by atoms with Crippen LogP contribution in [-0.2, 0) is 16.1 Å². The third-order valence-corrected chi connectivity index (χ3v) is 6.60. The molecule has 1 aliphatic heterocycles. The fourth-order valence-corrected chi connectivity index (χ4v) is 3.77. The van der Waals surface area contributed by atoms with Gasteiger partial charge in [0.15, 0.2) is 18.2 Å². The molecule has 3 rings (SSSR count). The van der Waals surface area contributed by atoms with Gasteiger partial charge in [0.05, 0.1) is 23.8 Å². The molecular formula is C20H34NO3+. The minimum absolute atomic E-state index is 0.0596. The fourth-order valence-electron chi connectivity index (χ4n) is 3.77. The van der Waals surface area contributed by atoms with Crippen molar-refractivity contribution in [2.45, 2.75) is 80.8 Å². The molecule has 1 fully saturated rings. The molecule has 2 N–H and O–H groups in total. The van der Waals surface area contributed by atoms with Gasteiger partial charge < -0.3 is 14.6 Å². The molecule has 4 heteroatoms. The molecule has 0 radical (unpaired) electrons. The van der Waals surface area contributed by atoms with E-state index in [4.69, 9.17) is 9.47 Å². The molecule has 1 saturated carbocycles. The zero-order valence-corrected chi connectivity index (χ0v) is 16.5. The number of hydrogen-bond donors (Lipinski definition) is 1. The number of hydrogen-bond acceptors (Lipinski definition) is 3. The van der Waals surface area contributed by atoms with Crippen molar-refractivity contribution in [1.29, 1.82) is 0 Å². The average molecular weight is 336 g/mol. The van der Waals surface area contributed by atoms with Crippen molar-refractivity contribution >= 4 is 0 Å². The molecule has 4 nitrogen and oxygen atoms in total. The van der Waals surface area contributed by atoms with E-state index in [2.05, 4.69) is 39.6 Å². The maximum absolute atomic E-state index is 10.4. The summed E-state index contributed by atoms with van der Waals surface area (Å²) < 4.78 is 12.2. The Morgan fingerprint density at radius 3 is 2.38 bits per heavy atom. The van der Waals surface area contributed by atoms with Gasteiger partial charge >= 0.3 is 0 Å². The summed E-state index contributed by atoms with van der Waals surface area (Å²) in [5.41, 5.74) is 2.80. The molecule has 1 aromatic rings. The highest BCUT2D eigenvalue weighted by Crippen LogP contribution is 2.57. The molecule has 0 saturated heterocycles. The fraction of sp³-hybridized carbons (Fsp3) is 0.750. The second kappa shape index (κ2) is 6.64. The van der Waals surface area contributed by atoms with E-state index in [9.17, 15) is 5.11 Å². The van der Waals surface area contributed by atoms with Crippen molar-refractivity contribution in [3.63, 3.8) is 0 Å². The normalized spacial score (nSPS) is 29.8. The molecule has 2 heterocycles. The third-order valence-electron chi connectivity index (χ3n) is 6.60. The minimum atomic E-state index is -0.464. The van der Waals surface area contributed by atoms with E-state index < -0.39 is 6.29 Å². The van der Waals surface area contributed by atoms with Gasteiger partial charge in [-0.05, 0) is 23.2 Å². The molecule has 1 aliphatic carbocycles. The Balaban J connectivity index is 0.00000100. The van der Waals surface area contributed by atoms with Gasteiger partial charge in [-0.15, -0.1) is 0 Å². The number of nitrogens with one attached hydrogen (secondary N) is 1. The number of pyridine rings is 1. The summed E-state index contributed by atoms with van der Waals surface area (Å²) in [6.07, 6.45) is 2.58. The molecule has 0 amide bonds. The largest absolute Gasteiger partial charge is 0.502 e. The number of ether oxygens (including phenoxy) is 2. The van der Waals surface area contributed by atoms with E-state index in [1.807, 2.05) is 27.0 Å². The van der Waals surface area contributed by atoms with Gasteiger partial charge in [-0.2, -0.15) is 0 Å². The number of aromatic amines is 1. The first-order valence-corrected chi connectivity index (χ1v) is 9.16. The molecule has 24 heavy (non-hydrogen) atoms. The highest BCUT2D eigenvalue weighted by Gasteiger charge is 2.54. The first-order chi connectivity index (χ1) is 11.2. The van der Waals surface area contributed by atoms with E-state index >= 15 is 0 Å². The van der Waals surface area contributed by atoms with Crippen LogP contribution in [0.25, 0.3) is 0 Å². The standard InChI is InChI=1S/C18H27NO3.C2H6/c1-10-7-13(18(5,6)17(10,3)4)22-16-14-12(9-21-16)8-19-11(2)15(14)20;1-2/h8,10,13,16,20H,7,9H2,1-6H3;1-2H3/p+1. The highest BCUT2D eigenvalue weighted by atomic mass is 16.7. The zero-order chi connectivity index (χ0) is 18.3. The molecule has 136 valence electrons. The van der Waals surface area contributed by atoms with E-state index in [-0.39, 0.29) is 22.7 Å². The van der Waals surface area contributed by atoms with Crippen molar-refractivity contribution < 1.29 is 19.6 Å². The number of aromatic hydroxyl groups is 1. The molecule has 2 aliphatic rings. The molecule has 1 aromatic heterocycles. The number of fused-ring (bicyclic) bond motifs is 1. The Morgan fingerprint density at radius 1 is 1.21 bits per heavy atom. The van der Waals surface area contributed by atoms with Gasteiger partial charge in [0.25, 0.3) is 0 Å². The maximum Gasteiger partial charge on any atom is 0.219 e. The van der Waals surface area contributed by atoms with E-state index in [1.165, 1.54) is 0 Å². The summed E-state index contributed by atoms with van der Waals surface area (Å²) in [5.74, 6) is 0.857. The van der Waals surface area contributed by atoms with E-state index in [0.717, 1.165) is 23.2 Å². The lowest BCUT2D eigenvalue weighted by atomic mass is 9.67. The smallest absolute Gasteiger partial charge is 0.219 e. The van der Waals surface area contributed by atoms with Crippen LogP contribution in [-0.4, -0.2) is 11.2 Å². The monoisotopic (exact) mass is 336 g/mol. The van der Waals surface area contributed by atoms with Crippen LogP contribution >= 0.6 is 0 Å². The predicted molar refractivity (Wildman–Crippen MR) is 94.5 cm³/mol. The van der Waals surface area contributed by atoms with Gasteiger partial charge in [-0.25, -0.2) is 4.98 Å². The van der Waals surface area contributed by atoms with Crippen molar-refractivity contribution in [3.05, 3.63) is 23.0 Å². The van der Waals surface area contributed by atoms with Gasteiger partial charge in [0.2, 0.25) is 5.69 Å². The van der Waals surface area contributed by atoms with Crippen LogP contribution in [0.2, 0.25) is 0 Å². The minimum Gasteiger partial charge on any atom is -0.502 e. The lowest BCUT2D eigenvalue weighted by molar-refractivity contribution is -0.389. The van der Waals surface area contributed by atoms with Gasteiger partial charge in [-0.1, -0.05) is 48.5 Å². The summed E-state index contributed by atoms with van der Waals surface area (Å²) >= 11 is 0. The van der Waals surface area contributed by atoms with Crippen LogP contribution in [0.4, 0.5) is 0 Å². The first kappa shape index (κ1) is 19.2. The first-order valence-electron chi connectivity index (χ1n) is 9.16. The SMILES string of the molecule is CC.Cc1[nH+]cc2c(c1O)C(OC1CC(C)C(C)(C)C1(C)C)OC2. The number of aromatic nitrogens is 1. The summed E-state index contributed by atoms with van der Waals surface area (Å²) in [7, 11) is 0. The van der Waals surface area contributed by atoms with E-state index in [0.29, 0.717) is 12.5 Å². The molecule has 0 bridgehead atoms. The van der Waals surface area contributed by atoms with Crippen molar-refractivity contribution in [3.8, 4) is 5.75 Å². The van der Waals surface area contributed by atoms with Crippen molar-refractivity contribution in [2.24, 2.45) is 16.7 Å². The molecule has 3 unspecified atom stereocenters. The summed E-state index contributed by atoms with van der Waals surface area (Å²) in [6, 6.07) is 0. The summed E-state index contributed by atoms with van der Waals surface area (Å²) in [6.45, 7) is 17.8. The molecular weight excluding hydrogens is 302 g/mol. The summed E-state index contributed by atoms with van der Waals surface area (Å²) in [5, 5.41) is 10.4. The maximum atomic E-state index is 10.4. The summed E-state index contributed by atoms with van der Waals surface area (Å²) in [4.78, 5) is 3.06. The predicted octanol–water partition coefficient (Wildman–Crippen LogP) is 4.55. The van der Waals surface area contributed by atoms with Crippen LogP contribution in [0.5, 0.6) is 5.75 Å². The van der Waals surface area contributed by atoms with Gasteiger partial charge in [0, 0.05) is 6.92 Å². The van der Waals surface area contributed by atoms with Crippen molar-refractivity contribution in [1.82, 2.24) is 0 Å². The van der Waals surface area contributed by atoms with Crippen LogP contribution in [0.15, 0.2) is 6.20 Å². The topological polar surface area (TPSA) is 52.8 Å². The van der Waals surface area contributed by atoms with Crippen LogP contribution in [0.1, 0.15) is 78.0 Å². The molecule has 0 spiro atoms. The van der Waals surface area contributed by atoms with Gasteiger partial charge in [0.1, 0.15) is 0 Å². The third kappa shape index (κ3) is 2.84. The molecule has 0 aromatic carbocycles. The zero-order valence-electron chi connectivity index (χ0n) is 16.5. The van der Waals surface area contributed by atoms with Crippen LogP contribution in [0.3, 0.4) is 0 Å². The number of rotatable bonds is 2. The Kier molecular flexibility index (Phi) is 5.31. The number of aryl methyl sites for hydroxylation is 1. The van der Waals surface area contributed by atoms with Crippen molar-refractivity contribution in [2.75, 3.05) is 0 Å². The molecule has 3 atom stereocenters. The quantitative estimate of drug-likeness (QED) is 0.862. The lowest BCUT2D eigenvalue weighted by Crippen LogP contribution is -2.38. The Morgan fingerprint density at radius 2 is 1.83 bits per heavy atom. The van der Waals surface area contributed by atoms with Crippen LogP contribution in [0, 0.1) is 23.7 Å². The highest BCUT2D eigenvalue weighted by molar-refractivity contribution is 5.40. The van der Waals surface area contributed by atoms with E-state index in [1.54, 1.807) is 0 Å². The lowest BCUT2D eigenvalue weighted by Gasteiger charge is -2.41. The second-order valence-electron chi connectivity index (χ2n) is 8.05. The second-order valence-corrected chi connectivity index (χ2v) is 8.05. The number of H-pyrrole nitrogens is 1. The van der Waals surface area contributed by atoms with Gasteiger partial charge in [-0.3, -0.25) is 0 Å². The van der Waals surface area contributed by atoms with Crippen LogP contribution < -0.4 is 4.98 Å².